The molecule has 0 spiro atoms. The molecule has 0 saturated heterocycles. The SMILES string of the molecule is c1ccc(SC2(CNc3ncnc4nc[nH]c34)CC2)cc1. The zero-order valence-corrected chi connectivity index (χ0v) is 12.2. The minimum Gasteiger partial charge on any atom is -0.367 e. The van der Waals surface area contributed by atoms with Gasteiger partial charge in [-0.3, -0.25) is 0 Å². The van der Waals surface area contributed by atoms with E-state index in [4.69, 9.17) is 0 Å². The van der Waals surface area contributed by atoms with Gasteiger partial charge in [0.05, 0.1) is 6.33 Å². The lowest BCUT2D eigenvalue weighted by atomic mass is 10.4. The highest BCUT2D eigenvalue weighted by molar-refractivity contribution is 8.01. The monoisotopic (exact) mass is 297 g/mol. The second kappa shape index (κ2) is 5.04. The van der Waals surface area contributed by atoms with Crippen molar-refractivity contribution >= 4 is 28.7 Å². The molecule has 1 fully saturated rings. The lowest BCUT2D eigenvalue weighted by Gasteiger charge is -2.16. The zero-order valence-electron chi connectivity index (χ0n) is 11.4. The molecule has 1 aliphatic rings. The average Bonchev–Trinajstić information content (AvgIpc) is 3.10. The van der Waals surface area contributed by atoms with Gasteiger partial charge in [0, 0.05) is 16.2 Å². The Balaban J connectivity index is 1.48. The fourth-order valence-electron chi connectivity index (χ4n) is 2.34. The predicted octanol–water partition coefficient (Wildman–Crippen LogP) is 3.09. The lowest BCUT2D eigenvalue weighted by molar-refractivity contribution is 0.936. The molecule has 0 bridgehead atoms. The summed E-state index contributed by atoms with van der Waals surface area (Å²) in [5.41, 5.74) is 1.58. The minimum atomic E-state index is 0.290. The van der Waals surface area contributed by atoms with E-state index in [0.717, 1.165) is 17.9 Å². The molecule has 4 rings (SSSR count). The Morgan fingerprint density at radius 1 is 1.14 bits per heavy atom. The Morgan fingerprint density at radius 3 is 2.81 bits per heavy atom. The maximum absolute atomic E-state index is 4.31. The Kier molecular flexibility index (Phi) is 3.03. The first-order chi connectivity index (χ1) is 10.3. The zero-order chi connectivity index (χ0) is 14.1. The third-order valence-corrected chi connectivity index (χ3v) is 5.18. The summed E-state index contributed by atoms with van der Waals surface area (Å²) in [5, 5.41) is 3.45. The molecule has 21 heavy (non-hydrogen) atoms. The molecule has 2 aromatic heterocycles. The van der Waals surface area contributed by atoms with Gasteiger partial charge in [-0.2, -0.15) is 0 Å². The summed E-state index contributed by atoms with van der Waals surface area (Å²) in [6, 6.07) is 10.6. The number of thioether (sulfide) groups is 1. The van der Waals surface area contributed by atoms with Crippen LogP contribution in [0.1, 0.15) is 12.8 Å². The maximum atomic E-state index is 4.31. The first kappa shape index (κ1) is 12.6. The van der Waals surface area contributed by atoms with E-state index in [2.05, 4.69) is 55.6 Å². The Bertz CT molecular complexity index is 751. The molecule has 1 aliphatic carbocycles. The molecule has 6 heteroatoms. The summed E-state index contributed by atoms with van der Waals surface area (Å²) in [7, 11) is 0. The summed E-state index contributed by atoms with van der Waals surface area (Å²) in [4.78, 5) is 17.0. The van der Waals surface area contributed by atoms with Gasteiger partial charge in [-0.25, -0.2) is 15.0 Å². The van der Waals surface area contributed by atoms with E-state index in [1.807, 2.05) is 11.8 Å². The van der Waals surface area contributed by atoms with E-state index >= 15 is 0 Å². The Hall–Kier alpha value is -2.08. The van der Waals surface area contributed by atoms with E-state index in [1.165, 1.54) is 17.7 Å². The van der Waals surface area contributed by atoms with Gasteiger partial charge in [-0.15, -0.1) is 11.8 Å². The van der Waals surface area contributed by atoms with Crippen LogP contribution in [0.3, 0.4) is 0 Å². The van der Waals surface area contributed by atoms with E-state index in [-0.39, 0.29) is 0 Å². The van der Waals surface area contributed by atoms with Gasteiger partial charge in [0.2, 0.25) is 0 Å². The molecule has 1 saturated carbocycles. The van der Waals surface area contributed by atoms with Gasteiger partial charge < -0.3 is 10.3 Å². The quantitative estimate of drug-likeness (QED) is 0.757. The number of hydrogen-bond acceptors (Lipinski definition) is 5. The standard InChI is InChI=1S/C15H15N5S/c1-2-4-11(5-3-1)21-15(6-7-15)8-16-13-12-14(18-9-17-12)20-10-19-13/h1-5,9-10H,6-8H2,(H2,16,17,18,19,20). The third kappa shape index (κ3) is 2.58. The van der Waals surface area contributed by atoms with Crippen molar-refractivity contribution in [1.82, 2.24) is 19.9 Å². The molecule has 5 nitrogen and oxygen atoms in total. The number of aromatic nitrogens is 4. The number of aromatic amines is 1. The van der Waals surface area contributed by atoms with Gasteiger partial charge in [0.25, 0.3) is 0 Å². The number of nitrogens with zero attached hydrogens (tertiary/aromatic N) is 3. The topological polar surface area (TPSA) is 66.5 Å². The summed E-state index contributed by atoms with van der Waals surface area (Å²) >= 11 is 1.95. The van der Waals surface area contributed by atoms with E-state index in [9.17, 15) is 0 Å². The Morgan fingerprint density at radius 2 is 2.00 bits per heavy atom. The van der Waals surface area contributed by atoms with Crippen LogP contribution in [-0.4, -0.2) is 31.2 Å². The van der Waals surface area contributed by atoms with Crippen LogP contribution >= 0.6 is 11.8 Å². The van der Waals surface area contributed by atoms with Crippen molar-refractivity contribution in [3.8, 4) is 0 Å². The summed E-state index contributed by atoms with van der Waals surface area (Å²) in [5.74, 6) is 0.831. The van der Waals surface area contributed by atoms with Crippen LogP contribution in [0, 0.1) is 0 Å². The summed E-state index contributed by atoms with van der Waals surface area (Å²) < 4.78 is 0.290. The largest absolute Gasteiger partial charge is 0.367 e. The van der Waals surface area contributed by atoms with E-state index in [0.29, 0.717) is 10.4 Å². The number of hydrogen-bond donors (Lipinski definition) is 2. The Labute approximate surface area is 126 Å². The highest BCUT2D eigenvalue weighted by Gasteiger charge is 2.43. The maximum Gasteiger partial charge on any atom is 0.182 e. The van der Waals surface area contributed by atoms with Crippen molar-refractivity contribution in [2.24, 2.45) is 0 Å². The van der Waals surface area contributed by atoms with Crippen LogP contribution < -0.4 is 5.32 Å². The van der Waals surface area contributed by atoms with Crippen LogP contribution in [0.4, 0.5) is 5.82 Å². The molecule has 0 amide bonds. The van der Waals surface area contributed by atoms with E-state index < -0.39 is 0 Å². The van der Waals surface area contributed by atoms with Crippen LogP contribution in [0.5, 0.6) is 0 Å². The van der Waals surface area contributed by atoms with Crippen molar-refractivity contribution in [3.63, 3.8) is 0 Å². The number of fused-ring (bicyclic) bond motifs is 1. The third-order valence-electron chi connectivity index (χ3n) is 3.69. The second-order valence-electron chi connectivity index (χ2n) is 5.28. The van der Waals surface area contributed by atoms with Crippen molar-refractivity contribution in [2.45, 2.75) is 22.5 Å². The molecular weight excluding hydrogens is 282 g/mol. The van der Waals surface area contributed by atoms with Crippen molar-refractivity contribution < 1.29 is 0 Å². The molecular formula is C15H15N5S. The molecule has 0 atom stereocenters. The van der Waals surface area contributed by atoms with Crippen molar-refractivity contribution in [3.05, 3.63) is 43.0 Å². The predicted molar refractivity (Wildman–Crippen MR) is 84.4 cm³/mol. The van der Waals surface area contributed by atoms with Crippen LogP contribution in [0.2, 0.25) is 0 Å². The van der Waals surface area contributed by atoms with Gasteiger partial charge in [0.15, 0.2) is 11.5 Å². The number of H-pyrrole nitrogens is 1. The molecule has 0 unspecified atom stereocenters. The molecule has 0 radical (unpaired) electrons. The normalized spacial score (nSPS) is 16.0. The van der Waals surface area contributed by atoms with Gasteiger partial charge in [-0.05, 0) is 25.0 Å². The first-order valence-electron chi connectivity index (χ1n) is 6.97. The number of anilines is 1. The molecule has 3 aromatic rings. The van der Waals surface area contributed by atoms with Crippen LogP contribution in [0.25, 0.3) is 11.2 Å². The number of nitrogens with one attached hydrogen (secondary N) is 2. The summed E-state index contributed by atoms with van der Waals surface area (Å²) in [6.45, 7) is 0.900. The number of rotatable bonds is 5. The second-order valence-corrected chi connectivity index (χ2v) is 6.82. The number of imidazole rings is 1. The lowest BCUT2D eigenvalue weighted by Crippen LogP contribution is -2.18. The van der Waals surface area contributed by atoms with Gasteiger partial charge >= 0.3 is 0 Å². The molecule has 1 aromatic carbocycles. The average molecular weight is 297 g/mol. The van der Waals surface area contributed by atoms with Crippen molar-refractivity contribution in [1.29, 1.82) is 0 Å². The molecule has 2 heterocycles. The van der Waals surface area contributed by atoms with Gasteiger partial charge in [-0.1, -0.05) is 18.2 Å². The minimum absolute atomic E-state index is 0.290. The highest BCUT2D eigenvalue weighted by atomic mass is 32.2. The fourth-order valence-corrected chi connectivity index (χ4v) is 3.58. The highest BCUT2D eigenvalue weighted by Crippen LogP contribution is 2.51. The molecule has 106 valence electrons. The van der Waals surface area contributed by atoms with Crippen molar-refractivity contribution in [2.75, 3.05) is 11.9 Å². The van der Waals surface area contributed by atoms with Gasteiger partial charge in [0.1, 0.15) is 11.8 Å². The fraction of sp³-hybridized carbons (Fsp3) is 0.267. The molecule has 0 aliphatic heterocycles. The number of benzene rings is 1. The van der Waals surface area contributed by atoms with E-state index in [1.54, 1.807) is 12.7 Å². The smallest absolute Gasteiger partial charge is 0.182 e. The molecule has 2 N–H and O–H groups in total. The van der Waals surface area contributed by atoms with Crippen LogP contribution in [0.15, 0.2) is 47.9 Å². The van der Waals surface area contributed by atoms with Crippen LogP contribution in [-0.2, 0) is 0 Å². The first-order valence-corrected chi connectivity index (χ1v) is 7.78. The summed E-state index contributed by atoms with van der Waals surface area (Å²) in [6.07, 6.45) is 5.67.